The lowest BCUT2D eigenvalue weighted by Crippen LogP contribution is -2.32. The lowest BCUT2D eigenvalue weighted by Gasteiger charge is -2.31. The van der Waals surface area contributed by atoms with Gasteiger partial charge in [-0.25, -0.2) is 4.98 Å². The predicted molar refractivity (Wildman–Crippen MR) is 95.2 cm³/mol. The Labute approximate surface area is 148 Å². The zero-order valence-electron chi connectivity index (χ0n) is 15.0. The van der Waals surface area contributed by atoms with Crippen molar-refractivity contribution in [2.24, 2.45) is 0 Å². The highest BCUT2D eigenvalue weighted by atomic mass is 16.5. The van der Waals surface area contributed by atoms with Crippen LogP contribution >= 0.6 is 0 Å². The van der Waals surface area contributed by atoms with Crippen molar-refractivity contribution < 1.29 is 9.47 Å². The molecule has 134 valence electrons. The summed E-state index contributed by atoms with van der Waals surface area (Å²) in [7, 11) is 3.38. The van der Waals surface area contributed by atoms with Crippen LogP contribution in [-0.4, -0.2) is 47.4 Å². The first kappa shape index (κ1) is 16.4. The summed E-state index contributed by atoms with van der Waals surface area (Å²) in [5.41, 5.74) is 1.23. The number of likely N-dealkylation sites (tertiary alicyclic amines) is 1. The van der Waals surface area contributed by atoms with Gasteiger partial charge in [-0.05, 0) is 56.5 Å². The van der Waals surface area contributed by atoms with Gasteiger partial charge in [0.2, 0.25) is 0 Å². The first-order valence-electron chi connectivity index (χ1n) is 9.11. The molecule has 1 N–H and O–H groups in total. The molecule has 6 heteroatoms. The Hall–Kier alpha value is -2.08. The number of nitrogens with one attached hydrogen (secondary N) is 1. The zero-order valence-corrected chi connectivity index (χ0v) is 15.0. The molecule has 0 spiro atoms. The van der Waals surface area contributed by atoms with Gasteiger partial charge in [0.05, 0.1) is 14.2 Å². The molecule has 1 saturated heterocycles. The van der Waals surface area contributed by atoms with Crippen LogP contribution in [0.4, 0.5) is 0 Å². The van der Waals surface area contributed by atoms with Crippen molar-refractivity contribution in [2.75, 3.05) is 27.3 Å². The van der Waals surface area contributed by atoms with Crippen LogP contribution in [0.3, 0.4) is 0 Å². The Kier molecular flexibility index (Phi) is 4.61. The molecule has 1 saturated carbocycles. The van der Waals surface area contributed by atoms with Crippen molar-refractivity contribution in [1.29, 1.82) is 0 Å². The molecule has 0 amide bonds. The molecule has 2 aliphatic rings. The van der Waals surface area contributed by atoms with E-state index in [0.29, 0.717) is 11.8 Å². The summed E-state index contributed by atoms with van der Waals surface area (Å²) in [5, 5.41) is 7.58. The number of hydrogen-bond donors (Lipinski definition) is 1. The third kappa shape index (κ3) is 3.79. The Balaban J connectivity index is 1.35. The molecule has 25 heavy (non-hydrogen) atoms. The van der Waals surface area contributed by atoms with E-state index < -0.39 is 0 Å². The van der Waals surface area contributed by atoms with Crippen molar-refractivity contribution in [2.45, 2.75) is 44.1 Å². The summed E-state index contributed by atoms with van der Waals surface area (Å²) in [6.45, 7) is 3.07. The molecular weight excluding hydrogens is 316 g/mol. The molecule has 0 bridgehead atoms. The quantitative estimate of drug-likeness (QED) is 0.874. The molecule has 4 rings (SSSR count). The minimum atomic E-state index is 0.510. The highest BCUT2D eigenvalue weighted by Gasteiger charge is 2.30. The lowest BCUT2D eigenvalue weighted by molar-refractivity contribution is 0.201. The summed E-state index contributed by atoms with van der Waals surface area (Å²) in [6, 6.07) is 6.09. The number of hydrogen-bond acceptors (Lipinski definition) is 5. The summed E-state index contributed by atoms with van der Waals surface area (Å²) < 4.78 is 10.7. The van der Waals surface area contributed by atoms with E-state index in [-0.39, 0.29) is 0 Å². The van der Waals surface area contributed by atoms with E-state index in [1.807, 2.05) is 6.07 Å². The van der Waals surface area contributed by atoms with Gasteiger partial charge in [0.1, 0.15) is 17.3 Å². The molecular formula is C19H26N4O2. The van der Waals surface area contributed by atoms with E-state index in [1.54, 1.807) is 14.2 Å². The molecule has 0 radical (unpaired) electrons. The molecule has 2 heterocycles. The Morgan fingerprint density at radius 3 is 2.28 bits per heavy atom. The second-order valence-corrected chi connectivity index (χ2v) is 7.12. The largest absolute Gasteiger partial charge is 0.497 e. The van der Waals surface area contributed by atoms with Crippen molar-refractivity contribution in [3.8, 4) is 11.5 Å². The minimum absolute atomic E-state index is 0.510. The van der Waals surface area contributed by atoms with E-state index in [1.165, 1.54) is 18.4 Å². The molecule has 1 aromatic carbocycles. The van der Waals surface area contributed by atoms with E-state index in [0.717, 1.165) is 55.6 Å². The maximum Gasteiger partial charge on any atom is 0.153 e. The second-order valence-electron chi connectivity index (χ2n) is 7.12. The minimum Gasteiger partial charge on any atom is -0.497 e. The third-order valence-electron chi connectivity index (χ3n) is 5.25. The van der Waals surface area contributed by atoms with Crippen LogP contribution in [0.15, 0.2) is 18.2 Å². The number of H-pyrrole nitrogens is 1. The average molecular weight is 342 g/mol. The van der Waals surface area contributed by atoms with Gasteiger partial charge in [0.25, 0.3) is 0 Å². The summed E-state index contributed by atoms with van der Waals surface area (Å²) in [5.74, 6) is 4.94. The molecule has 2 fully saturated rings. The fourth-order valence-corrected chi connectivity index (χ4v) is 3.58. The van der Waals surface area contributed by atoms with Gasteiger partial charge in [-0.3, -0.25) is 10.00 Å². The van der Waals surface area contributed by atoms with Gasteiger partial charge >= 0.3 is 0 Å². The van der Waals surface area contributed by atoms with Crippen LogP contribution in [0.5, 0.6) is 11.5 Å². The van der Waals surface area contributed by atoms with Crippen LogP contribution in [0, 0.1) is 0 Å². The number of aromatic amines is 1. The van der Waals surface area contributed by atoms with E-state index >= 15 is 0 Å². The highest BCUT2D eigenvalue weighted by Crippen LogP contribution is 2.38. The first-order chi connectivity index (χ1) is 12.2. The van der Waals surface area contributed by atoms with Gasteiger partial charge in [-0.15, -0.1) is 0 Å². The molecule has 1 aliphatic carbocycles. The molecule has 0 atom stereocenters. The summed E-state index contributed by atoms with van der Waals surface area (Å²) in [6.07, 6.45) is 4.75. The van der Waals surface area contributed by atoms with Gasteiger partial charge < -0.3 is 9.47 Å². The molecule has 0 unspecified atom stereocenters. The molecule has 2 aromatic rings. The second kappa shape index (κ2) is 7.04. The Bertz CT molecular complexity index is 696. The van der Waals surface area contributed by atoms with Crippen LogP contribution in [-0.2, 0) is 6.54 Å². The highest BCUT2D eigenvalue weighted by molar-refractivity contribution is 5.38. The summed E-state index contributed by atoms with van der Waals surface area (Å²) in [4.78, 5) is 7.22. The fraction of sp³-hybridized carbons (Fsp3) is 0.579. The number of piperidine rings is 1. The topological polar surface area (TPSA) is 63.3 Å². The summed E-state index contributed by atoms with van der Waals surface area (Å²) >= 11 is 0. The standard InChI is InChI=1S/C19H26N4O2/c1-24-16-9-13(10-17(11-16)25-2)12-23-7-5-15(6-8-23)19-20-18(21-22-19)14-3-4-14/h9-11,14-15H,3-8,12H2,1-2H3,(H,20,21,22). The van der Waals surface area contributed by atoms with Crippen molar-refractivity contribution in [3.05, 3.63) is 35.4 Å². The van der Waals surface area contributed by atoms with Gasteiger partial charge in [-0.2, -0.15) is 5.10 Å². The number of benzene rings is 1. The first-order valence-corrected chi connectivity index (χ1v) is 9.11. The van der Waals surface area contributed by atoms with Crippen molar-refractivity contribution in [1.82, 2.24) is 20.1 Å². The molecule has 1 aliphatic heterocycles. The van der Waals surface area contributed by atoms with E-state index in [9.17, 15) is 0 Å². The average Bonchev–Trinajstić information content (AvgIpc) is 3.39. The van der Waals surface area contributed by atoms with Crippen molar-refractivity contribution >= 4 is 0 Å². The SMILES string of the molecule is COc1cc(CN2CCC(c3nc(C4CC4)n[nH]3)CC2)cc(OC)c1. The maximum absolute atomic E-state index is 5.37. The Morgan fingerprint density at radius 1 is 1.00 bits per heavy atom. The van der Waals surface area contributed by atoms with Gasteiger partial charge in [0.15, 0.2) is 5.82 Å². The zero-order chi connectivity index (χ0) is 17.2. The number of ether oxygens (including phenoxy) is 2. The fourth-order valence-electron chi connectivity index (χ4n) is 3.58. The molecule has 6 nitrogen and oxygen atoms in total. The smallest absolute Gasteiger partial charge is 0.153 e. The predicted octanol–water partition coefficient (Wildman–Crippen LogP) is 3.08. The molecule has 1 aromatic heterocycles. The monoisotopic (exact) mass is 342 g/mol. The van der Waals surface area contributed by atoms with Crippen LogP contribution < -0.4 is 9.47 Å². The Morgan fingerprint density at radius 2 is 1.68 bits per heavy atom. The number of rotatable bonds is 6. The van der Waals surface area contributed by atoms with Crippen LogP contribution in [0.2, 0.25) is 0 Å². The van der Waals surface area contributed by atoms with E-state index in [4.69, 9.17) is 14.5 Å². The van der Waals surface area contributed by atoms with Crippen LogP contribution in [0.25, 0.3) is 0 Å². The van der Waals surface area contributed by atoms with Gasteiger partial charge in [-0.1, -0.05) is 0 Å². The lowest BCUT2D eigenvalue weighted by atomic mass is 9.96. The maximum atomic E-state index is 5.37. The third-order valence-corrected chi connectivity index (χ3v) is 5.25. The van der Waals surface area contributed by atoms with Crippen LogP contribution in [0.1, 0.15) is 54.7 Å². The number of methoxy groups -OCH3 is 2. The normalized spacial score (nSPS) is 19.1. The van der Waals surface area contributed by atoms with E-state index in [2.05, 4.69) is 27.2 Å². The van der Waals surface area contributed by atoms with Gasteiger partial charge in [0, 0.05) is 24.4 Å². The van der Waals surface area contributed by atoms with Crippen molar-refractivity contribution in [3.63, 3.8) is 0 Å². The number of aromatic nitrogens is 3. The number of nitrogens with zero attached hydrogens (tertiary/aromatic N) is 3.